The van der Waals surface area contributed by atoms with Crippen LogP contribution < -0.4 is 0 Å². The first-order valence-corrected chi connectivity index (χ1v) is 9.31. The Morgan fingerprint density at radius 2 is 1.96 bits per heavy atom. The first-order valence-electron chi connectivity index (χ1n) is 8.52. The van der Waals surface area contributed by atoms with E-state index in [-0.39, 0.29) is 30.9 Å². The van der Waals surface area contributed by atoms with Gasteiger partial charge in [0.2, 0.25) is 5.91 Å². The number of piperidine rings is 1. The van der Waals surface area contributed by atoms with Gasteiger partial charge in [0.25, 0.3) is 11.8 Å². The van der Waals surface area contributed by atoms with Crippen LogP contribution in [0, 0.1) is 5.92 Å². The number of halogens is 1. The van der Waals surface area contributed by atoms with Crippen molar-refractivity contribution in [1.29, 1.82) is 0 Å². The molecular weight excluding hydrogens is 404 g/mol. The Morgan fingerprint density at radius 1 is 1.23 bits per heavy atom. The second kappa shape index (κ2) is 7.57. The van der Waals surface area contributed by atoms with Gasteiger partial charge in [-0.3, -0.25) is 24.1 Å². The standard InChI is InChI=1S/C18H19BrN2O5/c1-2-26-18(25)11-4-3-7-20(9-11)15(22)10-21-16(23)13-6-5-12(19)8-14(13)17(21)24/h5-6,8,11H,2-4,7,9-10H2,1H3. The Kier molecular flexibility index (Phi) is 5.41. The van der Waals surface area contributed by atoms with Crippen molar-refractivity contribution in [1.82, 2.24) is 9.80 Å². The predicted octanol–water partition coefficient (Wildman–Crippen LogP) is 1.85. The van der Waals surface area contributed by atoms with Crippen LogP contribution in [-0.4, -0.2) is 59.7 Å². The molecule has 26 heavy (non-hydrogen) atoms. The van der Waals surface area contributed by atoms with E-state index in [4.69, 9.17) is 4.74 Å². The van der Waals surface area contributed by atoms with Gasteiger partial charge in [-0.1, -0.05) is 15.9 Å². The SMILES string of the molecule is CCOC(=O)C1CCCN(C(=O)CN2C(=O)c3ccc(Br)cc3C2=O)C1. The molecule has 0 spiro atoms. The molecule has 1 aromatic rings. The minimum atomic E-state index is -0.474. The fourth-order valence-electron chi connectivity index (χ4n) is 3.30. The highest BCUT2D eigenvalue weighted by molar-refractivity contribution is 9.10. The Balaban J connectivity index is 1.68. The molecule has 138 valence electrons. The first-order chi connectivity index (χ1) is 12.4. The molecule has 7 nitrogen and oxygen atoms in total. The molecule has 2 heterocycles. The summed E-state index contributed by atoms with van der Waals surface area (Å²) in [7, 11) is 0. The van der Waals surface area contributed by atoms with Gasteiger partial charge in [0.1, 0.15) is 6.54 Å². The van der Waals surface area contributed by atoms with Crippen molar-refractivity contribution in [3.8, 4) is 0 Å². The topological polar surface area (TPSA) is 84.0 Å². The summed E-state index contributed by atoms with van der Waals surface area (Å²) in [5, 5.41) is 0. The molecule has 3 rings (SSSR count). The Bertz CT molecular complexity index is 779. The molecular formula is C18H19BrN2O5. The summed E-state index contributed by atoms with van der Waals surface area (Å²) in [4.78, 5) is 51.9. The molecule has 2 aliphatic rings. The molecule has 8 heteroatoms. The van der Waals surface area contributed by atoms with Crippen molar-refractivity contribution < 1.29 is 23.9 Å². The van der Waals surface area contributed by atoms with Crippen LogP contribution >= 0.6 is 15.9 Å². The number of imide groups is 1. The second-order valence-corrected chi connectivity index (χ2v) is 7.23. The van der Waals surface area contributed by atoms with Crippen molar-refractivity contribution in [2.75, 3.05) is 26.2 Å². The zero-order valence-corrected chi connectivity index (χ0v) is 16.0. The van der Waals surface area contributed by atoms with Crippen LogP contribution in [0.1, 0.15) is 40.5 Å². The summed E-state index contributed by atoms with van der Waals surface area (Å²) in [5.74, 6) is -1.95. The van der Waals surface area contributed by atoms with Crippen LogP contribution in [-0.2, 0) is 14.3 Å². The van der Waals surface area contributed by atoms with Crippen LogP contribution in [0.3, 0.4) is 0 Å². The third-order valence-corrected chi connectivity index (χ3v) is 5.11. The van der Waals surface area contributed by atoms with E-state index in [1.54, 1.807) is 25.1 Å². The van der Waals surface area contributed by atoms with E-state index in [2.05, 4.69) is 15.9 Å². The third kappa shape index (κ3) is 3.51. The summed E-state index contributed by atoms with van der Waals surface area (Å²) in [6.45, 7) is 2.48. The predicted molar refractivity (Wildman–Crippen MR) is 95.4 cm³/mol. The molecule has 3 amide bonds. The molecule has 1 atom stereocenters. The van der Waals surface area contributed by atoms with Crippen LogP contribution in [0.4, 0.5) is 0 Å². The molecule has 0 radical (unpaired) electrons. The van der Waals surface area contributed by atoms with Crippen molar-refractivity contribution >= 4 is 39.6 Å². The number of benzene rings is 1. The highest BCUT2D eigenvalue weighted by atomic mass is 79.9. The lowest BCUT2D eigenvalue weighted by molar-refractivity contribution is -0.151. The molecule has 2 aliphatic heterocycles. The van der Waals surface area contributed by atoms with Gasteiger partial charge in [-0.25, -0.2) is 0 Å². The number of hydrogen-bond acceptors (Lipinski definition) is 5. The zero-order valence-electron chi connectivity index (χ0n) is 14.4. The fraction of sp³-hybridized carbons (Fsp3) is 0.444. The first kappa shape index (κ1) is 18.6. The van der Waals surface area contributed by atoms with Gasteiger partial charge < -0.3 is 9.64 Å². The lowest BCUT2D eigenvalue weighted by Gasteiger charge is -2.32. The van der Waals surface area contributed by atoms with Crippen LogP contribution in [0.2, 0.25) is 0 Å². The maximum atomic E-state index is 12.6. The van der Waals surface area contributed by atoms with Gasteiger partial charge in [0, 0.05) is 17.6 Å². The molecule has 0 N–H and O–H groups in total. The highest BCUT2D eigenvalue weighted by Crippen LogP contribution is 2.26. The molecule has 1 fully saturated rings. The summed E-state index contributed by atoms with van der Waals surface area (Å²) in [5.41, 5.74) is 0.592. The maximum absolute atomic E-state index is 12.6. The number of rotatable bonds is 4. The highest BCUT2D eigenvalue weighted by Gasteiger charge is 2.38. The van der Waals surface area contributed by atoms with Crippen LogP contribution in [0.5, 0.6) is 0 Å². The molecule has 1 unspecified atom stereocenters. The van der Waals surface area contributed by atoms with Crippen molar-refractivity contribution in [3.05, 3.63) is 33.8 Å². The van der Waals surface area contributed by atoms with E-state index in [0.29, 0.717) is 41.6 Å². The number of hydrogen-bond donors (Lipinski definition) is 0. The molecule has 0 bridgehead atoms. The molecule has 1 aromatic carbocycles. The lowest BCUT2D eigenvalue weighted by Crippen LogP contribution is -2.47. The minimum absolute atomic E-state index is 0.256. The van der Waals surface area contributed by atoms with Gasteiger partial charge in [0.15, 0.2) is 0 Å². The molecule has 0 aliphatic carbocycles. The number of amides is 3. The number of likely N-dealkylation sites (tertiary alicyclic amines) is 1. The summed E-state index contributed by atoms with van der Waals surface area (Å²) in [6, 6.07) is 4.84. The Hall–Kier alpha value is -2.22. The summed E-state index contributed by atoms with van der Waals surface area (Å²) < 4.78 is 5.72. The van der Waals surface area contributed by atoms with Gasteiger partial charge in [-0.05, 0) is 38.0 Å². The van der Waals surface area contributed by atoms with Crippen molar-refractivity contribution in [2.45, 2.75) is 19.8 Å². The molecule has 0 saturated carbocycles. The van der Waals surface area contributed by atoms with Gasteiger partial charge >= 0.3 is 5.97 Å². The second-order valence-electron chi connectivity index (χ2n) is 6.32. The Labute approximate surface area is 159 Å². The van der Waals surface area contributed by atoms with Crippen LogP contribution in [0.25, 0.3) is 0 Å². The zero-order chi connectivity index (χ0) is 18.8. The third-order valence-electron chi connectivity index (χ3n) is 4.62. The smallest absolute Gasteiger partial charge is 0.310 e. The average molecular weight is 423 g/mol. The van der Waals surface area contributed by atoms with Crippen molar-refractivity contribution in [3.63, 3.8) is 0 Å². The summed E-state index contributed by atoms with van der Waals surface area (Å²) in [6.07, 6.45) is 1.36. The van der Waals surface area contributed by atoms with E-state index in [1.165, 1.54) is 4.90 Å². The fourth-order valence-corrected chi connectivity index (χ4v) is 3.66. The van der Waals surface area contributed by atoms with E-state index in [9.17, 15) is 19.2 Å². The number of fused-ring (bicyclic) bond motifs is 1. The lowest BCUT2D eigenvalue weighted by atomic mass is 9.98. The number of carbonyl (C=O) groups excluding carboxylic acids is 4. The molecule has 0 aromatic heterocycles. The van der Waals surface area contributed by atoms with Crippen molar-refractivity contribution in [2.24, 2.45) is 5.92 Å². The maximum Gasteiger partial charge on any atom is 0.310 e. The molecule has 1 saturated heterocycles. The monoisotopic (exact) mass is 422 g/mol. The minimum Gasteiger partial charge on any atom is -0.466 e. The number of nitrogens with zero attached hydrogens (tertiary/aromatic N) is 2. The van der Waals surface area contributed by atoms with Gasteiger partial charge in [-0.15, -0.1) is 0 Å². The van der Waals surface area contributed by atoms with E-state index in [1.807, 2.05) is 0 Å². The van der Waals surface area contributed by atoms with E-state index < -0.39 is 11.8 Å². The van der Waals surface area contributed by atoms with Gasteiger partial charge in [-0.2, -0.15) is 0 Å². The summed E-state index contributed by atoms with van der Waals surface area (Å²) >= 11 is 3.28. The number of esters is 1. The number of carbonyl (C=O) groups is 4. The van der Waals surface area contributed by atoms with Gasteiger partial charge in [0.05, 0.1) is 23.7 Å². The Morgan fingerprint density at radius 3 is 2.69 bits per heavy atom. The number of ether oxygens (including phenoxy) is 1. The largest absolute Gasteiger partial charge is 0.466 e. The normalized spacial score (nSPS) is 19.5. The average Bonchev–Trinajstić information content (AvgIpc) is 2.86. The van der Waals surface area contributed by atoms with E-state index >= 15 is 0 Å². The van der Waals surface area contributed by atoms with Crippen LogP contribution in [0.15, 0.2) is 22.7 Å². The van der Waals surface area contributed by atoms with E-state index in [0.717, 1.165) is 4.90 Å². The quantitative estimate of drug-likeness (QED) is 0.545.